The van der Waals surface area contributed by atoms with Gasteiger partial charge >= 0.3 is 0 Å². The maximum Gasteiger partial charge on any atom is 0.123 e. The van der Waals surface area contributed by atoms with Crippen LogP contribution in [0.3, 0.4) is 0 Å². The molecule has 0 radical (unpaired) electrons. The average molecular weight is 208 g/mol. The van der Waals surface area contributed by atoms with Gasteiger partial charge in [-0.2, -0.15) is 0 Å². The number of unbranched alkanes of at least 4 members (excludes halogenated alkanes) is 3. The van der Waals surface area contributed by atoms with Crippen LogP contribution in [0.15, 0.2) is 18.3 Å². The summed E-state index contributed by atoms with van der Waals surface area (Å²) in [6.07, 6.45) is 6.68. The van der Waals surface area contributed by atoms with E-state index in [0.717, 1.165) is 18.6 Å². The quantitative estimate of drug-likeness (QED) is 0.701. The summed E-state index contributed by atoms with van der Waals surface area (Å²) in [4.78, 5) is 3.93. The van der Waals surface area contributed by atoms with Crippen molar-refractivity contribution in [1.82, 2.24) is 4.98 Å². The highest BCUT2D eigenvalue weighted by Gasteiger charge is 1.94. The van der Waals surface area contributed by atoms with Gasteiger partial charge in [0, 0.05) is 12.8 Å². The molecular weight excluding hydrogens is 188 g/mol. The molecule has 0 spiro atoms. The predicted molar refractivity (Wildman–Crippen MR) is 62.4 cm³/mol. The second kappa shape index (κ2) is 7.23. The molecule has 1 rings (SSSR count). The molecule has 0 amide bonds. The van der Waals surface area contributed by atoms with Crippen molar-refractivity contribution in [3.8, 4) is 0 Å². The Morgan fingerprint density at radius 1 is 1.33 bits per heavy atom. The smallest absolute Gasteiger partial charge is 0.123 e. The summed E-state index contributed by atoms with van der Waals surface area (Å²) in [5, 5.41) is 0. The average Bonchev–Trinajstić information content (AvgIpc) is 2.23. The van der Waals surface area contributed by atoms with Gasteiger partial charge in [0.15, 0.2) is 0 Å². The van der Waals surface area contributed by atoms with E-state index in [1.54, 1.807) is 6.20 Å². The van der Waals surface area contributed by atoms with E-state index in [1.807, 2.05) is 12.1 Å². The number of anilines is 1. The van der Waals surface area contributed by atoms with Crippen LogP contribution in [-0.2, 0) is 11.3 Å². The molecule has 3 heteroatoms. The van der Waals surface area contributed by atoms with Gasteiger partial charge in [-0.25, -0.2) is 4.98 Å². The number of hydrogen-bond donors (Lipinski definition) is 1. The molecule has 0 aliphatic heterocycles. The van der Waals surface area contributed by atoms with Crippen molar-refractivity contribution < 1.29 is 4.74 Å². The Morgan fingerprint density at radius 3 is 2.93 bits per heavy atom. The number of rotatable bonds is 7. The molecule has 0 aliphatic carbocycles. The lowest BCUT2D eigenvalue weighted by atomic mass is 10.2. The van der Waals surface area contributed by atoms with Crippen LogP contribution in [0.4, 0.5) is 5.82 Å². The van der Waals surface area contributed by atoms with E-state index in [1.165, 1.54) is 19.3 Å². The molecule has 84 valence electrons. The first-order valence-corrected chi connectivity index (χ1v) is 5.61. The fourth-order valence-electron chi connectivity index (χ4n) is 1.41. The van der Waals surface area contributed by atoms with Crippen LogP contribution in [0.1, 0.15) is 38.2 Å². The first-order valence-electron chi connectivity index (χ1n) is 5.61. The molecule has 0 bridgehead atoms. The molecule has 1 aromatic rings. The van der Waals surface area contributed by atoms with Gasteiger partial charge in [-0.3, -0.25) is 0 Å². The summed E-state index contributed by atoms with van der Waals surface area (Å²) in [5.41, 5.74) is 6.66. The number of ether oxygens (including phenoxy) is 1. The third-order valence-corrected chi connectivity index (χ3v) is 2.26. The summed E-state index contributed by atoms with van der Waals surface area (Å²) >= 11 is 0. The molecule has 1 aromatic heterocycles. The minimum atomic E-state index is 0.557. The third-order valence-electron chi connectivity index (χ3n) is 2.26. The van der Waals surface area contributed by atoms with E-state index in [-0.39, 0.29) is 0 Å². The van der Waals surface area contributed by atoms with Crippen molar-refractivity contribution in [2.45, 2.75) is 39.2 Å². The van der Waals surface area contributed by atoms with Crippen molar-refractivity contribution in [3.63, 3.8) is 0 Å². The topological polar surface area (TPSA) is 48.1 Å². The monoisotopic (exact) mass is 208 g/mol. The fraction of sp³-hybridized carbons (Fsp3) is 0.583. The van der Waals surface area contributed by atoms with Crippen LogP contribution in [-0.4, -0.2) is 11.6 Å². The lowest BCUT2D eigenvalue weighted by Crippen LogP contribution is -1.97. The van der Waals surface area contributed by atoms with Crippen LogP contribution in [0.25, 0.3) is 0 Å². The fourth-order valence-corrected chi connectivity index (χ4v) is 1.41. The van der Waals surface area contributed by atoms with Crippen molar-refractivity contribution >= 4 is 5.82 Å². The highest BCUT2D eigenvalue weighted by Crippen LogP contribution is 2.05. The molecular formula is C12H20N2O. The summed E-state index contributed by atoms with van der Waals surface area (Å²) < 4.78 is 5.54. The maximum atomic E-state index is 5.56. The molecule has 0 atom stereocenters. The standard InChI is InChI=1S/C12H20N2O/c1-2-3-4-5-8-15-10-11-6-7-14-12(13)9-11/h6-7,9H,2-5,8,10H2,1H3,(H2,13,14). The Bertz CT molecular complexity index is 276. The summed E-state index contributed by atoms with van der Waals surface area (Å²) in [6.45, 7) is 3.68. The molecule has 15 heavy (non-hydrogen) atoms. The van der Waals surface area contributed by atoms with Crippen molar-refractivity contribution in [3.05, 3.63) is 23.9 Å². The Balaban J connectivity index is 2.10. The van der Waals surface area contributed by atoms with Gasteiger partial charge in [0.2, 0.25) is 0 Å². The number of nitrogens with zero attached hydrogens (tertiary/aromatic N) is 1. The summed E-state index contributed by atoms with van der Waals surface area (Å²) in [5.74, 6) is 0.557. The second-order valence-corrected chi connectivity index (χ2v) is 3.70. The van der Waals surface area contributed by atoms with E-state index in [4.69, 9.17) is 10.5 Å². The first-order chi connectivity index (χ1) is 7.33. The van der Waals surface area contributed by atoms with Crippen molar-refractivity contribution in [2.24, 2.45) is 0 Å². The zero-order valence-electron chi connectivity index (χ0n) is 9.41. The summed E-state index contributed by atoms with van der Waals surface area (Å²) in [7, 11) is 0. The van der Waals surface area contributed by atoms with E-state index in [2.05, 4.69) is 11.9 Å². The number of pyridine rings is 1. The predicted octanol–water partition coefficient (Wildman–Crippen LogP) is 2.76. The van der Waals surface area contributed by atoms with Crippen molar-refractivity contribution in [1.29, 1.82) is 0 Å². The maximum absolute atomic E-state index is 5.56. The molecule has 0 unspecified atom stereocenters. The minimum Gasteiger partial charge on any atom is -0.384 e. The van der Waals surface area contributed by atoms with Gasteiger partial charge in [0.1, 0.15) is 5.82 Å². The molecule has 0 saturated carbocycles. The molecule has 1 heterocycles. The number of hydrogen-bond acceptors (Lipinski definition) is 3. The third kappa shape index (κ3) is 5.37. The summed E-state index contributed by atoms with van der Waals surface area (Å²) in [6, 6.07) is 3.79. The normalized spacial score (nSPS) is 10.5. The van der Waals surface area contributed by atoms with Crippen LogP contribution in [0.5, 0.6) is 0 Å². The number of aromatic nitrogens is 1. The first kappa shape index (κ1) is 12.0. The van der Waals surface area contributed by atoms with Crippen molar-refractivity contribution in [2.75, 3.05) is 12.3 Å². The van der Waals surface area contributed by atoms with E-state index in [0.29, 0.717) is 12.4 Å². The van der Waals surface area contributed by atoms with Gasteiger partial charge in [-0.15, -0.1) is 0 Å². The highest BCUT2D eigenvalue weighted by atomic mass is 16.5. The molecule has 3 nitrogen and oxygen atoms in total. The van der Waals surface area contributed by atoms with Gasteiger partial charge in [-0.1, -0.05) is 26.2 Å². The van der Waals surface area contributed by atoms with Crippen LogP contribution < -0.4 is 5.73 Å². The zero-order chi connectivity index (χ0) is 10.9. The second-order valence-electron chi connectivity index (χ2n) is 3.70. The van der Waals surface area contributed by atoms with E-state index < -0.39 is 0 Å². The number of nitrogens with two attached hydrogens (primary N) is 1. The van der Waals surface area contributed by atoms with Gasteiger partial charge in [-0.05, 0) is 24.1 Å². The number of nitrogen functional groups attached to an aromatic ring is 1. The molecule has 0 saturated heterocycles. The Hall–Kier alpha value is -1.09. The van der Waals surface area contributed by atoms with Crippen LogP contribution in [0, 0.1) is 0 Å². The lowest BCUT2D eigenvalue weighted by Gasteiger charge is -2.04. The van der Waals surface area contributed by atoms with Crippen LogP contribution in [0.2, 0.25) is 0 Å². The van der Waals surface area contributed by atoms with Gasteiger partial charge in [0.05, 0.1) is 6.61 Å². The zero-order valence-corrected chi connectivity index (χ0v) is 9.41. The molecule has 2 N–H and O–H groups in total. The van der Waals surface area contributed by atoms with Crippen LogP contribution >= 0.6 is 0 Å². The minimum absolute atomic E-state index is 0.557. The largest absolute Gasteiger partial charge is 0.384 e. The Morgan fingerprint density at radius 2 is 2.20 bits per heavy atom. The van der Waals surface area contributed by atoms with Gasteiger partial charge in [0.25, 0.3) is 0 Å². The Kier molecular flexibility index (Phi) is 5.78. The van der Waals surface area contributed by atoms with E-state index >= 15 is 0 Å². The SMILES string of the molecule is CCCCCCOCc1ccnc(N)c1. The highest BCUT2D eigenvalue weighted by molar-refractivity contribution is 5.31. The van der Waals surface area contributed by atoms with E-state index in [9.17, 15) is 0 Å². The Labute approximate surface area is 91.7 Å². The molecule has 0 fully saturated rings. The molecule has 0 aliphatic rings. The molecule has 0 aromatic carbocycles. The van der Waals surface area contributed by atoms with Gasteiger partial charge < -0.3 is 10.5 Å². The lowest BCUT2D eigenvalue weighted by molar-refractivity contribution is 0.117.